The summed E-state index contributed by atoms with van der Waals surface area (Å²) in [5.74, 6) is 0.299. The molecule has 0 N–H and O–H groups in total. The molecule has 0 saturated carbocycles. The molecule has 0 aromatic heterocycles. The normalized spacial score (nSPS) is 11.4. The topological polar surface area (TPSA) is 18.5 Å². The van der Waals surface area contributed by atoms with E-state index in [-0.39, 0.29) is 5.75 Å². The molecule has 2 nitrogen and oxygen atoms in total. The summed E-state index contributed by atoms with van der Waals surface area (Å²) in [6.07, 6.45) is -8.44. The van der Waals surface area contributed by atoms with Gasteiger partial charge in [-0.3, -0.25) is 0 Å². The quantitative estimate of drug-likeness (QED) is 0.741. The summed E-state index contributed by atoms with van der Waals surface area (Å²) in [6.45, 7) is 0. The van der Waals surface area contributed by atoms with Gasteiger partial charge in [0.2, 0.25) is 0 Å². The van der Waals surface area contributed by atoms with E-state index in [1.54, 1.807) is 30.3 Å². The summed E-state index contributed by atoms with van der Waals surface area (Å²) in [7, 11) is 0. The fraction of sp³-hybridized carbons (Fsp3) is 0.143. The van der Waals surface area contributed by atoms with Crippen molar-refractivity contribution >= 4 is 0 Å². The molecule has 0 aliphatic rings. The number of hydrogen-bond donors (Lipinski definition) is 0. The van der Waals surface area contributed by atoms with Gasteiger partial charge in [0, 0.05) is 6.07 Å². The molecule has 0 amide bonds. The van der Waals surface area contributed by atoms with Crippen LogP contribution in [0.25, 0.3) is 0 Å². The minimum Gasteiger partial charge on any atom is -0.457 e. The summed E-state index contributed by atoms with van der Waals surface area (Å²) < 4.78 is 59.0. The van der Waals surface area contributed by atoms with Crippen LogP contribution >= 0.6 is 0 Å². The molecule has 0 heterocycles. The highest BCUT2D eigenvalue weighted by atomic mass is 19.3. The predicted octanol–water partition coefficient (Wildman–Crippen LogP) is 4.72. The molecule has 2 aromatic carbocycles. The van der Waals surface area contributed by atoms with E-state index < -0.39 is 18.3 Å². The van der Waals surface area contributed by atoms with E-state index in [1.165, 1.54) is 12.1 Å². The molecule has 20 heavy (non-hydrogen) atoms. The highest BCUT2D eigenvalue weighted by molar-refractivity contribution is 5.36. The lowest BCUT2D eigenvalue weighted by Gasteiger charge is -2.17. The maximum Gasteiger partial charge on any atom is 0.461 e. The van der Waals surface area contributed by atoms with Gasteiger partial charge in [-0.15, -0.1) is 0 Å². The Morgan fingerprint density at radius 1 is 0.800 bits per heavy atom. The van der Waals surface area contributed by atoms with E-state index in [0.29, 0.717) is 5.75 Å². The van der Waals surface area contributed by atoms with Crippen LogP contribution in [-0.2, 0) is 0 Å². The lowest BCUT2D eigenvalue weighted by atomic mass is 10.3. The Morgan fingerprint density at radius 2 is 1.40 bits per heavy atom. The van der Waals surface area contributed by atoms with Crippen molar-refractivity contribution in [2.24, 2.45) is 0 Å². The van der Waals surface area contributed by atoms with Crippen LogP contribution in [0.3, 0.4) is 0 Å². The first-order valence-corrected chi connectivity index (χ1v) is 5.65. The molecule has 0 aliphatic carbocycles. The third-order valence-corrected chi connectivity index (χ3v) is 2.29. The van der Waals surface area contributed by atoms with Crippen LogP contribution in [0.4, 0.5) is 17.6 Å². The number of hydrogen-bond acceptors (Lipinski definition) is 2. The van der Waals surface area contributed by atoms with Crippen LogP contribution in [0.15, 0.2) is 54.6 Å². The van der Waals surface area contributed by atoms with Gasteiger partial charge in [0.15, 0.2) is 0 Å². The zero-order chi connectivity index (χ0) is 14.6. The Bertz CT molecular complexity index is 558. The largest absolute Gasteiger partial charge is 0.461 e. The molecule has 106 valence electrons. The Morgan fingerprint density at radius 3 is 2.05 bits per heavy atom. The van der Waals surface area contributed by atoms with Crippen LogP contribution in [-0.4, -0.2) is 12.5 Å². The second-order valence-electron chi connectivity index (χ2n) is 3.85. The van der Waals surface area contributed by atoms with Crippen molar-refractivity contribution in [3.8, 4) is 17.2 Å². The molecule has 0 atom stereocenters. The van der Waals surface area contributed by atoms with E-state index in [9.17, 15) is 17.6 Å². The summed E-state index contributed by atoms with van der Waals surface area (Å²) in [4.78, 5) is 0. The Hall–Kier alpha value is -2.24. The van der Waals surface area contributed by atoms with Crippen LogP contribution in [0, 0.1) is 0 Å². The highest BCUT2D eigenvalue weighted by Gasteiger charge is 2.44. The molecule has 0 bridgehead atoms. The van der Waals surface area contributed by atoms with E-state index >= 15 is 0 Å². The van der Waals surface area contributed by atoms with Crippen molar-refractivity contribution in [2.45, 2.75) is 12.5 Å². The molecule has 0 saturated heterocycles. The van der Waals surface area contributed by atoms with Crippen molar-refractivity contribution in [1.29, 1.82) is 0 Å². The van der Waals surface area contributed by atoms with Gasteiger partial charge in [-0.1, -0.05) is 24.3 Å². The van der Waals surface area contributed by atoms with Gasteiger partial charge in [0.1, 0.15) is 17.2 Å². The first-order valence-electron chi connectivity index (χ1n) is 5.65. The van der Waals surface area contributed by atoms with E-state index in [2.05, 4.69) is 4.74 Å². The molecule has 6 heteroatoms. The molecule has 0 spiro atoms. The number of ether oxygens (including phenoxy) is 2. The van der Waals surface area contributed by atoms with Crippen molar-refractivity contribution in [1.82, 2.24) is 0 Å². The standard InChI is InChI=1S/C14H10F4O2/c15-13(16)14(17,18)20-12-8-4-7-11(9-12)19-10-5-2-1-3-6-10/h1-9,13H. The summed E-state index contributed by atoms with van der Waals surface area (Å²) in [5.41, 5.74) is 0. The Kier molecular flexibility index (Phi) is 4.12. The van der Waals surface area contributed by atoms with Gasteiger partial charge in [-0.2, -0.15) is 17.6 Å². The second kappa shape index (κ2) is 5.81. The first-order chi connectivity index (χ1) is 9.47. The van der Waals surface area contributed by atoms with Crippen LogP contribution < -0.4 is 9.47 Å². The van der Waals surface area contributed by atoms with E-state index in [4.69, 9.17) is 4.74 Å². The Balaban J connectivity index is 2.12. The third-order valence-electron chi connectivity index (χ3n) is 2.29. The monoisotopic (exact) mass is 286 g/mol. The second-order valence-corrected chi connectivity index (χ2v) is 3.85. The number of rotatable bonds is 5. The highest BCUT2D eigenvalue weighted by Crippen LogP contribution is 2.30. The molecular weight excluding hydrogens is 276 g/mol. The van der Waals surface area contributed by atoms with Crippen molar-refractivity contribution in [3.63, 3.8) is 0 Å². The molecule has 0 aliphatic heterocycles. The summed E-state index contributed by atoms with van der Waals surface area (Å²) >= 11 is 0. The minimum atomic E-state index is -4.54. The molecule has 0 unspecified atom stereocenters. The van der Waals surface area contributed by atoms with Gasteiger partial charge >= 0.3 is 12.5 Å². The Labute approximate surface area is 112 Å². The lowest BCUT2D eigenvalue weighted by Crippen LogP contribution is -2.33. The average molecular weight is 286 g/mol. The fourth-order valence-electron chi connectivity index (χ4n) is 1.43. The molecule has 0 fully saturated rings. The number of benzene rings is 2. The fourth-order valence-corrected chi connectivity index (χ4v) is 1.43. The van der Waals surface area contributed by atoms with Crippen molar-refractivity contribution in [2.75, 3.05) is 0 Å². The van der Waals surface area contributed by atoms with Gasteiger partial charge in [-0.05, 0) is 24.3 Å². The maximum absolute atomic E-state index is 12.8. The average Bonchev–Trinajstić information content (AvgIpc) is 2.39. The van der Waals surface area contributed by atoms with Gasteiger partial charge in [-0.25, -0.2) is 0 Å². The van der Waals surface area contributed by atoms with E-state index in [0.717, 1.165) is 12.1 Å². The predicted molar refractivity (Wildman–Crippen MR) is 64.5 cm³/mol. The number of halogens is 4. The van der Waals surface area contributed by atoms with E-state index in [1.807, 2.05) is 0 Å². The smallest absolute Gasteiger partial charge is 0.457 e. The number of para-hydroxylation sites is 1. The van der Waals surface area contributed by atoms with Crippen molar-refractivity contribution < 1.29 is 27.0 Å². The SMILES string of the molecule is FC(F)C(F)(F)Oc1cccc(Oc2ccccc2)c1. The number of alkyl halides is 4. The van der Waals surface area contributed by atoms with Crippen LogP contribution in [0.5, 0.6) is 17.2 Å². The lowest BCUT2D eigenvalue weighted by molar-refractivity contribution is -0.253. The maximum atomic E-state index is 12.8. The van der Waals surface area contributed by atoms with Gasteiger partial charge in [0.05, 0.1) is 0 Å². The first kappa shape index (κ1) is 14.2. The van der Waals surface area contributed by atoms with Crippen LogP contribution in [0.1, 0.15) is 0 Å². The molecule has 0 radical (unpaired) electrons. The summed E-state index contributed by atoms with van der Waals surface area (Å²) in [5, 5.41) is 0. The summed E-state index contributed by atoms with van der Waals surface area (Å²) in [6, 6.07) is 13.7. The molecule has 2 aromatic rings. The van der Waals surface area contributed by atoms with Crippen molar-refractivity contribution in [3.05, 3.63) is 54.6 Å². The van der Waals surface area contributed by atoms with Gasteiger partial charge < -0.3 is 9.47 Å². The van der Waals surface area contributed by atoms with Gasteiger partial charge in [0.25, 0.3) is 0 Å². The molecule has 2 rings (SSSR count). The third kappa shape index (κ3) is 3.63. The van der Waals surface area contributed by atoms with Crippen LogP contribution in [0.2, 0.25) is 0 Å². The zero-order valence-corrected chi connectivity index (χ0v) is 10.1. The molecular formula is C14H10F4O2. The minimum absolute atomic E-state index is 0.207. The zero-order valence-electron chi connectivity index (χ0n) is 10.1.